The third-order valence-corrected chi connectivity index (χ3v) is 2.73. The van der Waals surface area contributed by atoms with Crippen LogP contribution in [0.15, 0.2) is 24.0 Å². The SMILES string of the molecule is OC1=CC(F)=C(Cl)N=I1. The second-order valence-corrected chi connectivity index (χ2v) is 3.70. The Labute approximate surface area is 66.2 Å². The summed E-state index contributed by atoms with van der Waals surface area (Å²) < 4.78 is 15.8. The molecular weight excluding hydrogens is 259 g/mol. The minimum atomic E-state index is -0.804. The van der Waals surface area contributed by atoms with Crippen molar-refractivity contribution in [2.45, 2.75) is 0 Å². The van der Waals surface area contributed by atoms with Gasteiger partial charge in [-0.3, -0.25) is 0 Å². The van der Waals surface area contributed by atoms with Gasteiger partial charge in [-0.15, -0.1) is 0 Å². The first kappa shape index (κ1) is 7.14. The van der Waals surface area contributed by atoms with Gasteiger partial charge >= 0.3 is 0 Å². The van der Waals surface area contributed by atoms with Crippen LogP contribution in [0.3, 0.4) is 0 Å². The Hall–Kier alpha value is 0.0300. The molecular formula is C4H2ClFINO. The lowest BCUT2D eigenvalue weighted by atomic mass is 10.5. The highest BCUT2D eigenvalue weighted by atomic mass is 127. The fraction of sp³-hybridized carbons (Fsp3) is 0. The van der Waals surface area contributed by atoms with E-state index in [1.54, 1.807) is 0 Å². The first-order chi connectivity index (χ1) is 4.20. The Morgan fingerprint density at radius 2 is 2.44 bits per heavy atom. The number of hydrogen-bond acceptors (Lipinski definition) is 2. The topological polar surface area (TPSA) is 32.6 Å². The molecule has 0 saturated heterocycles. The summed E-state index contributed by atoms with van der Waals surface area (Å²) >= 11 is 4.44. The normalized spacial score (nSPS) is 19.1. The highest BCUT2D eigenvalue weighted by Crippen LogP contribution is 2.28. The Bertz CT molecular complexity index is 223. The van der Waals surface area contributed by atoms with Gasteiger partial charge in [0.2, 0.25) is 0 Å². The van der Waals surface area contributed by atoms with Crippen LogP contribution in [-0.2, 0) is 0 Å². The Morgan fingerprint density at radius 3 is 2.89 bits per heavy atom. The molecule has 0 radical (unpaired) electrons. The average molecular weight is 261 g/mol. The summed E-state index contributed by atoms with van der Waals surface area (Å²) in [7, 11) is 0. The van der Waals surface area contributed by atoms with Crippen LogP contribution < -0.4 is 0 Å². The molecule has 0 aromatic carbocycles. The maximum Gasteiger partial charge on any atom is 0.171 e. The molecule has 0 bridgehead atoms. The fourth-order valence-electron chi connectivity index (χ4n) is 0.309. The molecule has 0 aromatic rings. The predicted molar refractivity (Wildman–Crippen MR) is 41.1 cm³/mol. The lowest BCUT2D eigenvalue weighted by molar-refractivity contribution is 0.461. The lowest BCUT2D eigenvalue weighted by Crippen LogP contribution is -1.77. The van der Waals surface area contributed by atoms with Gasteiger partial charge in [0.25, 0.3) is 0 Å². The molecule has 50 valence electrons. The van der Waals surface area contributed by atoms with E-state index in [0.29, 0.717) is 0 Å². The van der Waals surface area contributed by atoms with Crippen molar-refractivity contribution in [3.8, 4) is 0 Å². The largest absolute Gasteiger partial charge is 0.502 e. The van der Waals surface area contributed by atoms with E-state index in [1.807, 2.05) is 0 Å². The molecule has 0 spiro atoms. The first-order valence-corrected chi connectivity index (χ1v) is 4.43. The van der Waals surface area contributed by atoms with E-state index < -0.39 is 26.9 Å². The van der Waals surface area contributed by atoms with Gasteiger partial charge in [-0.1, -0.05) is 11.6 Å². The third kappa shape index (κ3) is 1.72. The fourth-order valence-corrected chi connectivity index (χ4v) is 1.68. The first-order valence-electron chi connectivity index (χ1n) is 2.01. The van der Waals surface area contributed by atoms with Crippen LogP contribution in [0, 0.1) is 0 Å². The molecule has 0 fully saturated rings. The van der Waals surface area contributed by atoms with Crippen LogP contribution in [0.2, 0.25) is 0 Å². The zero-order valence-corrected chi connectivity index (χ0v) is 7.02. The van der Waals surface area contributed by atoms with Crippen molar-refractivity contribution < 1.29 is 9.50 Å². The van der Waals surface area contributed by atoms with Gasteiger partial charge in [-0.05, 0) is 0 Å². The summed E-state index contributed by atoms with van der Waals surface area (Å²) in [6.45, 7) is 0. The second kappa shape index (κ2) is 2.74. The monoisotopic (exact) mass is 261 g/mol. The Kier molecular flexibility index (Phi) is 2.18. The van der Waals surface area contributed by atoms with Crippen molar-refractivity contribution in [3.63, 3.8) is 0 Å². The van der Waals surface area contributed by atoms with Crippen molar-refractivity contribution in [1.29, 1.82) is 0 Å². The molecule has 1 rings (SSSR count). The molecule has 0 saturated carbocycles. The molecule has 1 aliphatic heterocycles. The number of hydrogen-bond donors (Lipinski definition) is 1. The summed E-state index contributed by atoms with van der Waals surface area (Å²) in [6.07, 6.45) is 1.00. The quantitative estimate of drug-likeness (QED) is 0.528. The zero-order chi connectivity index (χ0) is 6.85. The van der Waals surface area contributed by atoms with E-state index in [2.05, 4.69) is 3.15 Å². The maximum absolute atomic E-state index is 12.3. The van der Waals surface area contributed by atoms with Crippen molar-refractivity contribution in [2.75, 3.05) is 0 Å². The molecule has 2 nitrogen and oxygen atoms in total. The van der Waals surface area contributed by atoms with Gasteiger partial charge in [0, 0.05) is 6.08 Å². The average Bonchev–Trinajstić information content (AvgIpc) is 1.80. The molecule has 1 aliphatic rings. The number of nitrogens with zero attached hydrogens (tertiary/aromatic N) is 1. The molecule has 0 unspecified atom stereocenters. The van der Waals surface area contributed by atoms with Crippen molar-refractivity contribution in [2.24, 2.45) is 3.15 Å². The molecule has 0 amide bonds. The number of rotatable bonds is 0. The summed E-state index contributed by atoms with van der Waals surface area (Å²) in [4.78, 5) is 0. The summed E-state index contributed by atoms with van der Waals surface area (Å²) in [6, 6.07) is 0. The van der Waals surface area contributed by atoms with Crippen molar-refractivity contribution in [3.05, 3.63) is 20.8 Å². The van der Waals surface area contributed by atoms with Gasteiger partial charge in [0.05, 0.1) is 21.0 Å². The van der Waals surface area contributed by atoms with Crippen molar-refractivity contribution in [1.82, 2.24) is 0 Å². The zero-order valence-electron chi connectivity index (χ0n) is 4.11. The van der Waals surface area contributed by atoms with E-state index in [9.17, 15) is 4.39 Å². The smallest absolute Gasteiger partial charge is 0.171 e. The summed E-state index contributed by atoms with van der Waals surface area (Å²) in [5.41, 5.74) is 0. The standard InChI is InChI=1S/C4H2ClFINO/c5-4-2(6)1-3(9)7-8-4/h1,9H. The van der Waals surface area contributed by atoms with Crippen LogP contribution >= 0.6 is 32.6 Å². The highest BCUT2D eigenvalue weighted by Gasteiger charge is 2.05. The second-order valence-electron chi connectivity index (χ2n) is 1.27. The number of aliphatic hydroxyl groups excluding tert-OH is 1. The Balaban J connectivity index is 3.01. The van der Waals surface area contributed by atoms with Crippen LogP contribution in [-0.4, -0.2) is 5.11 Å². The van der Waals surface area contributed by atoms with Crippen LogP contribution in [0.25, 0.3) is 0 Å². The molecule has 5 heteroatoms. The van der Waals surface area contributed by atoms with Gasteiger partial charge in [-0.25, -0.2) is 7.54 Å². The molecule has 1 N–H and O–H groups in total. The van der Waals surface area contributed by atoms with Gasteiger partial charge < -0.3 is 5.11 Å². The van der Waals surface area contributed by atoms with E-state index in [1.165, 1.54) is 0 Å². The van der Waals surface area contributed by atoms with E-state index in [-0.39, 0.29) is 8.92 Å². The van der Waals surface area contributed by atoms with Crippen molar-refractivity contribution >= 4 is 32.6 Å². The van der Waals surface area contributed by atoms with Gasteiger partial charge in [0.1, 0.15) is 0 Å². The number of allylic oxidation sites excluding steroid dienone is 2. The summed E-state index contributed by atoms with van der Waals surface area (Å²) in [5.74, 6) is -0.653. The third-order valence-electron chi connectivity index (χ3n) is 0.646. The van der Waals surface area contributed by atoms with Crippen LogP contribution in [0.4, 0.5) is 4.39 Å². The minimum Gasteiger partial charge on any atom is -0.502 e. The molecule has 0 aromatic heterocycles. The molecule has 9 heavy (non-hydrogen) atoms. The minimum absolute atomic E-state index is 0.00991. The van der Waals surface area contributed by atoms with Crippen LogP contribution in [0.5, 0.6) is 0 Å². The number of aliphatic hydroxyl groups is 1. The predicted octanol–water partition coefficient (Wildman–Crippen LogP) is 2.93. The molecule has 0 aliphatic carbocycles. The molecule has 0 atom stereocenters. The summed E-state index contributed by atoms with van der Waals surface area (Å²) in [5, 5.41) is 8.56. The Morgan fingerprint density at radius 1 is 1.78 bits per heavy atom. The van der Waals surface area contributed by atoms with E-state index in [4.69, 9.17) is 16.7 Å². The lowest BCUT2D eigenvalue weighted by Gasteiger charge is -1.95. The van der Waals surface area contributed by atoms with Crippen LogP contribution in [0.1, 0.15) is 0 Å². The maximum atomic E-state index is 12.3. The van der Waals surface area contributed by atoms with Gasteiger partial charge in [0.15, 0.2) is 14.7 Å². The van der Waals surface area contributed by atoms with Gasteiger partial charge in [-0.2, -0.15) is 0 Å². The highest BCUT2D eigenvalue weighted by molar-refractivity contribution is 14.2. The molecule has 1 heterocycles. The van der Waals surface area contributed by atoms with E-state index in [0.717, 1.165) is 6.08 Å². The number of halogens is 3. The van der Waals surface area contributed by atoms with E-state index >= 15 is 0 Å².